The highest BCUT2D eigenvalue weighted by molar-refractivity contribution is 5.92. The first-order valence-corrected chi connectivity index (χ1v) is 7.31. The SMILES string of the molecule is COc1ccccc1Nc1ccc(C(=O)N2CCCC2)nn1. The van der Waals surface area contributed by atoms with E-state index in [1.54, 1.807) is 19.2 Å². The molecule has 0 aliphatic carbocycles. The van der Waals surface area contributed by atoms with Crippen molar-refractivity contribution in [2.45, 2.75) is 12.8 Å². The van der Waals surface area contributed by atoms with Crippen molar-refractivity contribution in [3.63, 3.8) is 0 Å². The molecule has 1 fully saturated rings. The Morgan fingerprint density at radius 2 is 1.91 bits per heavy atom. The maximum absolute atomic E-state index is 12.2. The van der Waals surface area contributed by atoms with Gasteiger partial charge in [-0.2, -0.15) is 0 Å². The first kappa shape index (κ1) is 14.3. The number of para-hydroxylation sites is 2. The van der Waals surface area contributed by atoms with Gasteiger partial charge in [0.1, 0.15) is 5.75 Å². The number of benzene rings is 1. The number of carbonyl (C=O) groups is 1. The quantitative estimate of drug-likeness (QED) is 0.939. The molecule has 6 nitrogen and oxygen atoms in total. The second-order valence-electron chi connectivity index (χ2n) is 5.13. The van der Waals surface area contributed by atoms with Crippen LogP contribution in [0.4, 0.5) is 11.5 Å². The van der Waals surface area contributed by atoms with E-state index in [4.69, 9.17) is 4.74 Å². The molecule has 1 saturated heterocycles. The molecular formula is C16H18N4O2. The van der Waals surface area contributed by atoms with Crippen LogP contribution in [0, 0.1) is 0 Å². The number of likely N-dealkylation sites (tertiary alicyclic amines) is 1. The molecule has 3 rings (SSSR count). The van der Waals surface area contributed by atoms with Gasteiger partial charge in [0, 0.05) is 13.1 Å². The molecule has 1 aromatic heterocycles. The minimum atomic E-state index is -0.0474. The number of nitrogens with zero attached hydrogens (tertiary/aromatic N) is 3. The van der Waals surface area contributed by atoms with Crippen molar-refractivity contribution in [1.29, 1.82) is 0 Å². The van der Waals surface area contributed by atoms with Gasteiger partial charge in [-0.15, -0.1) is 10.2 Å². The topological polar surface area (TPSA) is 67.3 Å². The highest BCUT2D eigenvalue weighted by atomic mass is 16.5. The van der Waals surface area contributed by atoms with E-state index in [0.29, 0.717) is 11.5 Å². The second-order valence-corrected chi connectivity index (χ2v) is 5.13. The Morgan fingerprint density at radius 3 is 2.59 bits per heavy atom. The lowest BCUT2D eigenvalue weighted by Gasteiger charge is -2.14. The van der Waals surface area contributed by atoms with Gasteiger partial charge in [-0.05, 0) is 37.1 Å². The molecule has 1 aliphatic heterocycles. The molecule has 0 unspecified atom stereocenters. The number of rotatable bonds is 4. The summed E-state index contributed by atoms with van der Waals surface area (Å²) < 4.78 is 5.28. The zero-order valence-corrected chi connectivity index (χ0v) is 12.5. The largest absolute Gasteiger partial charge is 0.495 e. The van der Waals surface area contributed by atoms with E-state index in [9.17, 15) is 4.79 Å². The van der Waals surface area contributed by atoms with E-state index in [1.165, 1.54) is 0 Å². The summed E-state index contributed by atoms with van der Waals surface area (Å²) in [5.74, 6) is 1.25. The Labute approximate surface area is 129 Å². The monoisotopic (exact) mass is 298 g/mol. The van der Waals surface area contributed by atoms with Gasteiger partial charge in [0.05, 0.1) is 12.8 Å². The molecule has 0 bridgehead atoms. The molecular weight excluding hydrogens is 280 g/mol. The van der Waals surface area contributed by atoms with E-state index in [1.807, 2.05) is 29.2 Å². The Bertz CT molecular complexity index is 651. The summed E-state index contributed by atoms with van der Waals surface area (Å²) >= 11 is 0. The van der Waals surface area contributed by atoms with Gasteiger partial charge in [-0.1, -0.05) is 12.1 Å². The van der Waals surface area contributed by atoms with Crippen LogP contribution in [-0.4, -0.2) is 41.2 Å². The van der Waals surface area contributed by atoms with E-state index < -0.39 is 0 Å². The van der Waals surface area contributed by atoms with Crippen LogP contribution in [0.1, 0.15) is 23.3 Å². The van der Waals surface area contributed by atoms with Crippen LogP contribution in [0.15, 0.2) is 36.4 Å². The Balaban J connectivity index is 1.72. The van der Waals surface area contributed by atoms with Crippen molar-refractivity contribution in [2.24, 2.45) is 0 Å². The van der Waals surface area contributed by atoms with Crippen LogP contribution in [0.3, 0.4) is 0 Å². The van der Waals surface area contributed by atoms with Crippen molar-refractivity contribution in [3.05, 3.63) is 42.1 Å². The van der Waals surface area contributed by atoms with Crippen LogP contribution in [0.25, 0.3) is 0 Å². The van der Waals surface area contributed by atoms with Gasteiger partial charge in [-0.25, -0.2) is 0 Å². The first-order chi connectivity index (χ1) is 10.8. The lowest BCUT2D eigenvalue weighted by molar-refractivity contribution is 0.0786. The normalized spacial score (nSPS) is 14.0. The summed E-state index contributed by atoms with van der Waals surface area (Å²) in [5, 5.41) is 11.2. The highest BCUT2D eigenvalue weighted by Crippen LogP contribution is 2.25. The molecule has 0 saturated carbocycles. The molecule has 2 heterocycles. The summed E-state index contributed by atoms with van der Waals surface area (Å²) in [6.07, 6.45) is 2.12. The fourth-order valence-electron chi connectivity index (χ4n) is 2.48. The smallest absolute Gasteiger partial charge is 0.274 e. The molecule has 0 atom stereocenters. The second kappa shape index (κ2) is 6.43. The molecule has 114 valence electrons. The van der Waals surface area contributed by atoms with Gasteiger partial charge in [-0.3, -0.25) is 4.79 Å². The molecule has 22 heavy (non-hydrogen) atoms. The van der Waals surface area contributed by atoms with Crippen molar-refractivity contribution in [3.8, 4) is 5.75 Å². The maximum Gasteiger partial charge on any atom is 0.274 e. The number of carbonyl (C=O) groups excluding carboxylic acids is 1. The predicted molar refractivity (Wildman–Crippen MR) is 83.4 cm³/mol. The minimum absolute atomic E-state index is 0.0474. The van der Waals surface area contributed by atoms with E-state index in [-0.39, 0.29) is 5.91 Å². The highest BCUT2D eigenvalue weighted by Gasteiger charge is 2.20. The van der Waals surface area contributed by atoms with Crippen molar-refractivity contribution in [1.82, 2.24) is 15.1 Å². The van der Waals surface area contributed by atoms with E-state index in [2.05, 4.69) is 15.5 Å². The average molecular weight is 298 g/mol. The lowest BCUT2D eigenvalue weighted by atomic mass is 10.3. The molecule has 1 aliphatic rings. The zero-order chi connectivity index (χ0) is 15.4. The minimum Gasteiger partial charge on any atom is -0.495 e. The summed E-state index contributed by atoms with van der Waals surface area (Å²) in [5.41, 5.74) is 1.19. The van der Waals surface area contributed by atoms with Crippen LogP contribution in [0.2, 0.25) is 0 Å². The van der Waals surface area contributed by atoms with Crippen LogP contribution in [0.5, 0.6) is 5.75 Å². The third-order valence-corrected chi connectivity index (χ3v) is 3.65. The Kier molecular flexibility index (Phi) is 4.18. The van der Waals surface area contributed by atoms with Gasteiger partial charge in [0.2, 0.25) is 0 Å². The van der Waals surface area contributed by atoms with Gasteiger partial charge >= 0.3 is 0 Å². The molecule has 1 aromatic carbocycles. The first-order valence-electron chi connectivity index (χ1n) is 7.31. The molecule has 0 radical (unpaired) electrons. The fraction of sp³-hybridized carbons (Fsp3) is 0.312. The maximum atomic E-state index is 12.2. The molecule has 1 amide bonds. The van der Waals surface area contributed by atoms with Gasteiger partial charge in [0.25, 0.3) is 5.91 Å². The number of hydrogen-bond donors (Lipinski definition) is 1. The van der Waals surface area contributed by atoms with Crippen molar-refractivity contribution in [2.75, 3.05) is 25.5 Å². The Morgan fingerprint density at radius 1 is 1.14 bits per heavy atom. The van der Waals surface area contributed by atoms with Crippen molar-refractivity contribution < 1.29 is 9.53 Å². The van der Waals surface area contributed by atoms with Crippen LogP contribution in [-0.2, 0) is 0 Å². The summed E-state index contributed by atoms with van der Waals surface area (Å²) in [6, 6.07) is 11.0. The number of anilines is 2. The molecule has 1 N–H and O–H groups in total. The van der Waals surface area contributed by atoms with E-state index in [0.717, 1.165) is 37.4 Å². The van der Waals surface area contributed by atoms with Crippen LogP contribution < -0.4 is 10.1 Å². The van der Waals surface area contributed by atoms with Gasteiger partial charge < -0.3 is 15.0 Å². The number of methoxy groups -OCH3 is 1. The van der Waals surface area contributed by atoms with Crippen LogP contribution >= 0.6 is 0 Å². The lowest BCUT2D eigenvalue weighted by Crippen LogP contribution is -2.28. The van der Waals surface area contributed by atoms with Gasteiger partial charge in [0.15, 0.2) is 11.5 Å². The zero-order valence-electron chi connectivity index (χ0n) is 12.5. The van der Waals surface area contributed by atoms with Crippen molar-refractivity contribution >= 4 is 17.4 Å². The fourth-order valence-corrected chi connectivity index (χ4v) is 2.48. The number of hydrogen-bond acceptors (Lipinski definition) is 5. The third-order valence-electron chi connectivity index (χ3n) is 3.65. The Hall–Kier alpha value is -2.63. The summed E-state index contributed by atoms with van der Waals surface area (Å²) in [7, 11) is 1.62. The number of ether oxygens (including phenoxy) is 1. The number of aromatic nitrogens is 2. The third kappa shape index (κ3) is 3.00. The summed E-state index contributed by atoms with van der Waals surface area (Å²) in [4.78, 5) is 14.0. The molecule has 2 aromatic rings. The standard InChI is InChI=1S/C16H18N4O2/c1-22-14-7-3-2-6-12(14)17-15-9-8-13(18-19-15)16(21)20-10-4-5-11-20/h2-3,6-9H,4-5,10-11H2,1H3,(H,17,19). The summed E-state index contributed by atoms with van der Waals surface area (Å²) in [6.45, 7) is 1.61. The molecule has 0 spiro atoms. The van der Waals surface area contributed by atoms with E-state index >= 15 is 0 Å². The molecule has 6 heteroatoms. The number of nitrogens with one attached hydrogen (secondary N) is 1. The predicted octanol–water partition coefficient (Wildman–Crippen LogP) is 2.46. The average Bonchev–Trinajstić information content (AvgIpc) is 3.10. The number of amides is 1.